The molecule has 29 heavy (non-hydrogen) atoms. The van der Waals surface area contributed by atoms with Gasteiger partial charge in [0, 0.05) is 26.3 Å². The zero-order valence-corrected chi connectivity index (χ0v) is 17.4. The van der Waals surface area contributed by atoms with E-state index in [0.29, 0.717) is 18.1 Å². The van der Waals surface area contributed by atoms with E-state index in [2.05, 4.69) is 0 Å². The minimum Gasteiger partial charge on any atom is -0.466 e. The highest BCUT2D eigenvalue weighted by Crippen LogP contribution is 2.41. The van der Waals surface area contributed by atoms with Crippen molar-refractivity contribution >= 4 is 29.5 Å². The van der Waals surface area contributed by atoms with Crippen LogP contribution in [0.4, 0.5) is 0 Å². The van der Waals surface area contributed by atoms with Gasteiger partial charge in [-0.05, 0) is 24.6 Å². The second-order valence-electron chi connectivity index (χ2n) is 6.90. The van der Waals surface area contributed by atoms with E-state index in [1.807, 2.05) is 30.3 Å². The maximum atomic E-state index is 12.7. The number of benzene rings is 1. The number of carbonyl (C=O) groups is 3. The first kappa shape index (κ1) is 21.0. The normalized spacial score (nSPS) is 19.6. The molecule has 1 aliphatic heterocycles. The highest BCUT2D eigenvalue weighted by Gasteiger charge is 2.43. The Morgan fingerprint density at radius 3 is 2.59 bits per heavy atom. The molecule has 154 valence electrons. The Morgan fingerprint density at radius 2 is 1.97 bits per heavy atom. The summed E-state index contributed by atoms with van der Waals surface area (Å²) in [6.45, 7) is 3.37. The van der Waals surface area contributed by atoms with E-state index in [-0.39, 0.29) is 17.2 Å². The lowest BCUT2D eigenvalue weighted by molar-refractivity contribution is -0.164. The second kappa shape index (κ2) is 9.17. The molecule has 0 unspecified atom stereocenters. The largest absolute Gasteiger partial charge is 0.466 e. The fourth-order valence-electron chi connectivity index (χ4n) is 3.27. The molecule has 7 nitrogen and oxygen atoms in total. The van der Waals surface area contributed by atoms with E-state index < -0.39 is 18.1 Å². The van der Waals surface area contributed by atoms with Gasteiger partial charge in [-0.1, -0.05) is 30.3 Å². The van der Waals surface area contributed by atoms with Crippen LogP contribution in [0.15, 0.2) is 53.1 Å². The topological polar surface area (TPSA) is 80.1 Å². The van der Waals surface area contributed by atoms with Gasteiger partial charge in [-0.3, -0.25) is 9.59 Å². The minimum atomic E-state index is -0.947. The predicted octanol–water partition coefficient (Wildman–Crippen LogP) is 2.83. The van der Waals surface area contributed by atoms with E-state index in [1.165, 1.54) is 34.7 Å². The molecule has 2 heterocycles. The summed E-state index contributed by atoms with van der Waals surface area (Å²) in [5, 5.41) is -0.383. The molecule has 8 heteroatoms. The molecule has 3 rings (SSSR count). The number of ether oxygens (including phenoxy) is 1. The molecule has 0 aliphatic carbocycles. The Labute approximate surface area is 174 Å². The summed E-state index contributed by atoms with van der Waals surface area (Å²) >= 11 is 1.43. The minimum absolute atomic E-state index is 0.251. The Kier molecular flexibility index (Phi) is 6.64. The van der Waals surface area contributed by atoms with Crippen LogP contribution >= 0.6 is 11.8 Å². The van der Waals surface area contributed by atoms with Crippen LogP contribution in [-0.2, 0) is 25.7 Å². The average molecular weight is 416 g/mol. The smallest absolute Gasteiger partial charge is 0.330 e. The quantitative estimate of drug-likeness (QED) is 0.674. The van der Waals surface area contributed by atoms with Crippen molar-refractivity contribution < 1.29 is 23.5 Å². The number of nitrogens with zero attached hydrogens (tertiary/aromatic N) is 2. The lowest BCUT2D eigenvalue weighted by Gasteiger charge is -2.27. The maximum absolute atomic E-state index is 12.7. The number of furan rings is 1. The van der Waals surface area contributed by atoms with Gasteiger partial charge in [0.05, 0.1) is 6.26 Å². The number of likely N-dealkylation sites (N-methyl/N-ethyl adjacent to an activating group) is 1. The number of rotatable bonds is 6. The van der Waals surface area contributed by atoms with Crippen LogP contribution in [0.2, 0.25) is 0 Å². The highest BCUT2D eigenvalue weighted by atomic mass is 32.2. The number of esters is 1. The molecular formula is C21H24N2O5S. The summed E-state index contributed by atoms with van der Waals surface area (Å²) in [5.74, 6) is -0.156. The van der Waals surface area contributed by atoms with E-state index in [4.69, 9.17) is 9.15 Å². The van der Waals surface area contributed by atoms with E-state index in [1.54, 1.807) is 26.1 Å². The predicted molar refractivity (Wildman–Crippen MR) is 109 cm³/mol. The number of carbonyl (C=O) groups excluding carboxylic acids is 3. The monoisotopic (exact) mass is 416 g/mol. The summed E-state index contributed by atoms with van der Waals surface area (Å²) in [6, 6.07) is 12.3. The lowest BCUT2D eigenvalue weighted by Crippen LogP contribution is -2.45. The molecule has 0 N–H and O–H groups in total. The van der Waals surface area contributed by atoms with Crippen molar-refractivity contribution in [2.45, 2.75) is 37.9 Å². The standard InChI is InChI=1S/C21H24N2O5S/c1-14(19(25)22(3)12-16-8-5-4-6-9-16)28-21(26)17-13-29-20(23(17)15(2)24)18-10-7-11-27-18/h4-11,14,17,20H,12-13H2,1-3H3/t14-,17-,20-/m1/s1. The van der Waals surface area contributed by atoms with Crippen LogP contribution in [-0.4, -0.2) is 52.5 Å². The van der Waals surface area contributed by atoms with Gasteiger partial charge >= 0.3 is 5.97 Å². The fourth-order valence-corrected chi connectivity index (χ4v) is 4.69. The Hall–Kier alpha value is -2.74. The van der Waals surface area contributed by atoms with Crippen molar-refractivity contribution in [2.24, 2.45) is 0 Å². The molecule has 3 atom stereocenters. The number of hydrogen-bond donors (Lipinski definition) is 0. The number of amides is 2. The van der Waals surface area contributed by atoms with Crippen LogP contribution in [0.5, 0.6) is 0 Å². The summed E-state index contributed by atoms with van der Waals surface area (Å²) in [7, 11) is 1.67. The Balaban J connectivity index is 1.62. The first-order valence-electron chi connectivity index (χ1n) is 9.31. The van der Waals surface area contributed by atoms with Crippen molar-refractivity contribution in [2.75, 3.05) is 12.8 Å². The third-order valence-corrected chi connectivity index (χ3v) is 5.99. The zero-order chi connectivity index (χ0) is 21.0. The zero-order valence-electron chi connectivity index (χ0n) is 16.6. The fraction of sp³-hybridized carbons (Fsp3) is 0.381. The van der Waals surface area contributed by atoms with Crippen LogP contribution in [0.3, 0.4) is 0 Å². The van der Waals surface area contributed by atoms with E-state index in [0.717, 1.165) is 5.56 Å². The van der Waals surface area contributed by atoms with Crippen molar-refractivity contribution in [3.8, 4) is 0 Å². The summed E-state index contributed by atoms with van der Waals surface area (Å²) < 4.78 is 10.8. The molecule has 1 aromatic heterocycles. The molecule has 1 fully saturated rings. The molecule has 1 saturated heterocycles. The van der Waals surface area contributed by atoms with Gasteiger partial charge in [0.2, 0.25) is 5.91 Å². The first-order valence-corrected chi connectivity index (χ1v) is 10.4. The SMILES string of the molecule is CC(=O)N1[C@@H](C(=O)O[C@H](C)C(=O)N(C)Cc2ccccc2)CS[C@@H]1c1ccco1. The molecule has 2 amide bonds. The summed E-state index contributed by atoms with van der Waals surface area (Å²) in [4.78, 5) is 40.5. The molecular weight excluding hydrogens is 392 g/mol. The van der Waals surface area contributed by atoms with Crippen LogP contribution in [0.1, 0.15) is 30.5 Å². The van der Waals surface area contributed by atoms with Gasteiger partial charge in [0.15, 0.2) is 6.10 Å². The Bertz CT molecular complexity index is 855. The van der Waals surface area contributed by atoms with Crippen LogP contribution in [0, 0.1) is 0 Å². The second-order valence-corrected chi connectivity index (χ2v) is 8.02. The van der Waals surface area contributed by atoms with Crippen LogP contribution in [0.25, 0.3) is 0 Å². The van der Waals surface area contributed by atoms with E-state index in [9.17, 15) is 14.4 Å². The van der Waals surface area contributed by atoms with Gasteiger partial charge in [0.25, 0.3) is 5.91 Å². The van der Waals surface area contributed by atoms with Crippen molar-refractivity contribution in [1.29, 1.82) is 0 Å². The third kappa shape index (κ3) is 4.82. The van der Waals surface area contributed by atoms with Crippen molar-refractivity contribution in [3.63, 3.8) is 0 Å². The molecule has 0 saturated carbocycles. The molecule has 1 aliphatic rings. The summed E-state index contributed by atoms with van der Waals surface area (Å²) in [5.41, 5.74) is 0.984. The maximum Gasteiger partial charge on any atom is 0.330 e. The van der Waals surface area contributed by atoms with Gasteiger partial charge in [0.1, 0.15) is 17.2 Å². The van der Waals surface area contributed by atoms with E-state index >= 15 is 0 Å². The molecule has 0 spiro atoms. The first-order chi connectivity index (χ1) is 13.9. The molecule has 2 aromatic rings. The van der Waals surface area contributed by atoms with Gasteiger partial charge < -0.3 is 19.0 Å². The lowest BCUT2D eigenvalue weighted by atomic mass is 10.2. The Morgan fingerprint density at radius 1 is 1.24 bits per heavy atom. The molecule has 0 bridgehead atoms. The van der Waals surface area contributed by atoms with Crippen molar-refractivity contribution in [1.82, 2.24) is 9.80 Å². The summed E-state index contributed by atoms with van der Waals surface area (Å²) in [6.07, 6.45) is 0.584. The van der Waals surface area contributed by atoms with Gasteiger partial charge in [-0.2, -0.15) is 0 Å². The average Bonchev–Trinajstić information content (AvgIpc) is 3.37. The van der Waals surface area contributed by atoms with Gasteiger partial charge in [-0.15, -0.1) is 11.8 Å². The van der Waals surface area contributed by atoms with Crippen LogP contribution < -0.4 is 0 Å². The van der Waals surface area contributed by atoms with Gasteiger partial charge in [-0.25, -0.2) is 4.79 Å². The third-order valence-electron chi connectivity index (χ3n) is 4.70. The molecule has 0 radical (unpaired) electrons. The number of hydrogen-bond acceptors (Lipinski definition) is 6. The highest BCUT2D eigenvalue weighted by molar-refractivity contribution is 7.99. The number of thioether (sulfide) groups is 1. The molecule has 1 aromatic carbocycles. The van der Waals surface area contributed by atoms with Crippen molar-refractivity contribution in [3.05, 3.63) is 60.1 Å².